The molecular formula is C26H42N7O18P3S2. The third-order valence-corrected chi connectivity index (χ3v) is 12.2. The number of nitrogen functional groups attached to an aromatic ring is 1. The molecule has 1 aliphatic heterocycles. The summed E-state index contributed by atoms with van der Waals surface area (Å²) in [6, 6.07) is 0. The fraction of sp³-hybridized carbons (Fsp3) is 0.654. The van der Waals surface area contributed by atoms with Gasteiger partial charge in [-0.1, -0.05) is 37.4 Å². The first-order valence-corrected chi connectivity index (χ1v) is 22.6. The van der Waals surface area contributed by atoms with Gasteiger partial charge in [0, 0.05) is 49.8 Å². The van der Waals surface area contributed by atoms with Crippen molar-refractivity contribution in [1.82, 2.24) is 30.2 Å². The molecule has 0 saturated carbocycles. The van der Waals surface area contributed by atoms with E-state index in [4.69, 9.17) is 19.5 Å². The average Bonchev–Trinajstić information content (AvgIpc) is 3.64. The molecule has 3 heterocycles. The second-order valence-corrected chi connectivity index (χ2v) is 19.0. The number of hydrogen-bond acceptors (Lipinski definition) is 20. The lowest BCUT2D eigenvalue weighted by molar-refractivity contribution is -0.137. The van der Waals surface area contributed by atoms with Gasteiger partial charge in [-0.25, -0.2) is 28.6 Å². The molecule has 0 aliphatic carbocycles. The van der Waals surface area contributed by atoms with E-state index in [2.05, 4.69) is 34.4 Å². The van der Waals surface area contributed by atoms with E-state index in [1.807, 2.05) is 0 Å². The zero-order chi connectivity index (χ0) is 42.1. The third-order valence-electron chi connectivity index (χ3n) is 7.38. The van der Waals surface area contributed by atoms with Crippen molar-refractivity contribution in [3.63, 3.8) is 0 Å². The van der Waals surface area contributed by atoms with Crippen LogP contribution in [0.4, 0.5) is 5.82 Å². The number of thioether (sulfide) groups is 2. The molecule has 25 nitrogen and oxygen atoms in total. The van der Waals surface area contributed by atoms with Crippen LogP contribution >= 0.6 is 47.0 Å². The number of amides is 2. The summed E-state index contributed by atoms with van der Waals surface area (Å²) >= 11 is 2.04. The van der Waals surface area contributed by atoms with Crippen LogP contribution in [-0.4, -0.2) is 134 Å². The van der Waals surface area contributed by atoms with E-state index >= 15 is 0 Å². The first-order valence-electron chi connectivity index (χ1n) is 16.1. The van der Waals surface area contributed by atoms with E-state index in [0.29, 0.717) is 5.75 Å². The largest absolute Gasteiger partial charge is 0.481 e. The van der Waals surface area contributed by atoms with E-state index in [9.17, 15) is 62.7 Å². The maximum absolute atomic E-state index is 12.7. The number of fused-ring (bicyclic) bond motifs is 1. The Hall–Kier alpha value is -2.42. The topological polar surface area (TPSA) is 381 Å². The molecule has 7 atom stereocenters. The minimum atomic E-state index is -5.58. The van der Waals surface area contributed by atoms with Crippen molar-refractivity contribution < 1.29 is 85.3 Å². The number of hydrogen-bond donors (Lipinski definition) is 9. The fourth-order valence-corrected chi connectivity index (χ4v) is 8.86. The van der Waals surface area contributed by atoms with Crippen LogP contribution in [0, 0.1) is 5.41 Å². The average molecular weight is 898 g/mol. The Kier molecular flexibility index (Phi) is 17.6. The van der Waals surface area contributed by atoms with Crippen LogP contribution in [0.3, 0.4) is 0 Å². The van der Waals surface area contributed by atoms with Crippen LogP contribution in [0.25, 0.3) is 11.2 Å². The van der Waals surface area contributed by atoms with Crippen molar-refractivity contribution in [2.45, 2.75) is 64.3 Å². The predicted octanol–water partition coefficient (Wildman–Crippen LogP) is -0.665. The smallest absolute Gasteiger partial charge is 0.386 e. The van der Waals surface area contributed by atoms with Gasteiger partial charge in [0.05, 0.1) is 19.5 Å². The number of ether oxygens (including phenoxy) is 1. The van der Waals surface area contributed by atoms with Crippen LogP contribution in [0.15, 0.2) is 12.7 Å². The highest BCUT2D eigenvalue weighted by Crippen LogP contribution is 2.61. The number of aliphatic hydroxyl groups is 2. The van der Waals surface area contributed by atoms with Crippen molar-refractivity contribution >= 4 is 86.0 Å². The van der Waals surface area contributed by atoms with Gasteiger partial charge in [-0.3, -0.25) is 37.3 Å². The second kappa shape index (κ2) is 20.5. The number of nitrogens with zero attached hydrogens (tertiary/aromatic N) is 4. The molecule has 56 heavy (non-hydrogen) atoms. The van der Waals surface area contributed by atoms with Crippen LogP contribution in [0.1, 0.15) is 39.8 Å². The molecule has 2 amide bonds. The zero-order valence-corrected chi connectivity index (χ0v) is 34.1. The lowest BCUT2D eigenvalue weighted by atomic mass is 9.87. The second-order valence-electron chi connectivity index (χ2n) is 12.4. The lowest BCUT2D eigenvalue weighted by Crippen LogP contribution is -2.46. The van der Waals surface area contributed by atoms with Crippen LogP contribution in [-0.2, 0) is 55.5 Å². The molecule has 10 N–H and O–H groups in total. The van der Waals surface area contributed by atoms with Gasteiger partial charge in [-0.05, 0) is 0 Å². The molecule has 1 saturated heterocycles. The summed E-state index contributed by atoms with van der Waals surface area (Å²) in [6.07, 6.45) is -6.79. The minimum Gasteiger partial charge on any atom is -0.386 e. The summed E-state index contributed by atoms with van der Waals surface area (Å²) in [5.41, 5.74) is 4.23. The molecule has 316 valence electrons. The van der Waals surface area contributed by atoms with Crippen molar-refractivity contribution in [1.29, 1.82) is 0 Å². The highest BCUT2D eigenvalue weighted by atomic mass is 32.2. The number of carbonyl (C=O) groups is 4. The van der Waals surface area contributed by atoms with Crippen molar-refractivity contribution in [3.8, 4) is 0 Å². The molecule has 30 heteroatoms. The van der Waals surface area contributed by atoms with Crippen molar-refractivity contribution in [2.75, 3.05) is 43.5 Å². The highest BCUT2D eigenvalue weighted by Gasteiger charge is 2.50. The monoisotopic (exact) mass is 897 g/mol. The number of phosphoric ester groups is 3. The zero-order valence-electron chi connectivity index (χ0n) is 29.8. The number of anilines is 1. The molecule has 2 aromatic heterocycles. The first-order chi connectivity index (χ1) is 25.9. The van der Waals surface area contributed by atoms with Gasteiger partial charge in [0.15, 0.2) is 27.9 Å². The maximum atomic E-state index is 12.7. The highest BCUT2D eigenvalue weighted by molar-refractivity contribution is 8.14. The molecule has 0 radical (unpaired) electrons. The first kappa shape index (κ1) is 48.0. The van der Waals surface area contributed by atoms with Crippen molar-refractivity contribution in [3.05, 3.63) is 12.7 Å². The molecule has 0 spiro atoms. The summed E-state index contributed by atoms with van der Waals surface area (Å²) in [4.78, 5) is 98.1. The summed E-state index contributed by atoms with van der Waals surface area (Å²) in [6.45, 7) is 1.77. The normalized spacial score (nSPS) is 21.6. The van der Waals surface area contributed by atoms with E-state index in [0.717, 1.165) is 40.7 Å². The number of rotatable bonds is 22. The summed E-state index contributed by atoms with van der Waals surface area (Å²) < 4.78 is 62.0. The molecule has 1 fully saturated rings. The SMILES string of the molecule is CC(=O)SCCC(=O)SCCNC(=O)CCNC(=O)C(O)C(C)(C)COP(=O)(O)OP(=O)(O)OCC1OC(n2cnc3c(N)ncnc32)C(O)C1OP(=O)(O)O. The van der Waals surface area contributed by atoms with Gasteiger partial charge in [0.25, 0.3) is 0 Å². The van der Waals surface area contributed by atoms with Crippen LogP contribution < -0.4 is 16.4 Å². The van der Waals surface area contributed by atoms with Gasteiger partial charge < -0.3 is 50.9 Å². The van der Waals surface area contributed by atoms with Gasteiger partial charge in [-0.15, -0.1) is 0 Å². The van der Waals surface area contributed by atoms with Crippen LogP contribution in [0.2, 0.25) is 0 Å². The number of phosphoric acid groups is 3. The Labute approximate surface area is 326 Å². The maximum Gasteiger partial charge on any atom is 0.481 e. The summed E-state index contributed by atoms with van der Waals surface area (Å²) in [7, 11) is -16.4. The van der Waals surface area contributed by atoms with Gasteiger partial charge >= 0.3 is 23.5 Å². The number of nitrogens with two attached hydrogens (primary N) is 1. The van der Waals surface area contributed by atoms with Gasteiger partial charge in [0.1, 0.15) is 36.3 Å². The van der Waals surface area contributed by atoms with Crippen LogP contribution in [0.5, 0.6) is 0 Å². The molecule has 7 unspecified atom stereocenters. The number of carbonyl (C=O) groups excluding carboxylic acids is 4. The molecule has 1 aliphatic rings. The van der Waals surface area contributed by atoms with Gasteiger partial charge in [-0.2, -0.15) is 4.31 Å². The van der Waals surface area contributed by atoms with E-state index in [1.165, 1.54) is 20.8 Å². The molecule has 0 aromatic carbocycles. The van der Waals surface area contributed by atoms with Crippen molar-refractivity contribution in [2.24, 2.45) is 5.41 Å². The Bertz CT molecular complexity index is 1870. The molecular weight excluding hydrogens is 855 g/mol. The number of imidazole rings is 1. The standard InChI is InChI=1S/C26H42N7O18P3S2/c1-14(34)55-8-5-17(36)56-9-7-28-16(35)4-6-29-24(39)21(38)26(2,3)11-48-54(45,46)51-53(43,44)47-10-15-20(50-52(40,41)42)19(37)25(49-15)33-13-32-18-22(27)30-12-31-23(18)33/h12-13,15,19-21,25,37-38H,4-11H2,1-3H3,(H,28,35)(H,29,39)(H,43,44)(H,45,46)(H2,27,30,31)(H2,40,41,42). The minimum absolute atomic E-state index is 0.0251. The number of aliphatic hydroxyl groups excluding tert-OH is 2. The Balaban J connectivity index is 1.47. The van der Waals surface area contributed by atoms with E-state index in [-0.39, 0.29) is 58.9 Å². The number of nitrogens with one attached hydrogen (secondary N) is 2. The van der Waals surface area contributed by atoms with E-state index < -0.39 is 84.6 Å². The summed E-state index contributed by atoms with van der Waals surface area (Å²) in [5, 5.41) is 26.0. The third kappa shape index (κ3) is 15.1. The lowest BCUT2D eigenvalue weighted by Gasteiger charge is -2.30. The summed E-state index contributed by atoms with van der Waals surface area (Å²) in [5.74, 6) is -0.856. The fourth-order valence-electron chi connectivity index (χ4n) is 4.65. The Morgan fingerprint density at radius 3 is 2.34 bits per heavy atom. The predicted molar refractivity (Wildman–Crippen MR) is 195 cm³/mol. The number of aromatic nitrogens is 4. The van der Waals surface area contributed by atoms with Gasteiger partial charge in [0.2, 0.25) is 11.8 Å². The Morgan fingerprint density at radius 2 is 1.68 bits per heavy atom. The van der Waals surface area contributed by atoms with E-state index in [1.54, 1.807) is 0 Å². The molecule has 0 bridgehead atoms. The quantitative estimate of drug-likeness (QED) is 0.0523. The molecule has 3 rings (SSSR count). The molecule has 2 aromatic rings. The Morgan fingerprint density at radius 1 is 1.00 bits per heavy atom.